The third kappa shape index (κ3) is 2.52. The molecule has 0 aliphatic heterocycles. The second-order valence-corrected chi connectivity index (χ2v) is 7.85. The van der Waals surface area contributed by atoms with Crippen LogP contribution < -0.4 is 0 Å². The number of halogens is 1. The van der Waals surface area contributed by atoms with Gasteiger partial charge in [-0.15, -0.1) is 0 Å². The summed E-state index contributed by atoms with van der Waals surface area (Å²) in [7, 11) is 1.95. The Bertz CT molecular complexity index is 513. The molecule has 20 heavy (non-hydrogen) atoms. The lowest BCUT2D eigenvalue weighted by molar-refractivity contribution is -0.131. The Kier molecular flexibility index (Phi) is 3.89. The average Bonchev–Trinajstić information content (AvgIpc) is 3.18. The number of benzene rings is 1. The van der Waals surface area contributed by atoms with Gasteiger partial charge in [-0.2, -0.15) is 0 Å². The van der Waals surface area contributed by atoms with E-state index < -0.39 is 0 Å². The molecule has 4 unspecified atom stereocenters. The summed E-state index contributed by atoms with van der Waals surface area (Å²) in [6.45, 7) is 2.98. The lowest BCUT2D eigenvalue weighted by Gasteiger charge is -2.18. The molecule has 0 spiro atoms. The van der Waals surface area contributed by atoms with Gasteiger partial charge < -0.3 is 4.90 Å². The summed E-state index contributed by atoms with van der Waals surface area (Å²) in [5.41, 5.74) is 2.89. The van der Waals surface area contributed by atoms with Crippen LogP contribution in [0.1, 0.15) is 36.8 Å². The lowest BCUT2D eigenvalue weighted by Crippen LogP contribution is -2.30. The van der Waals surface area contributed by atoms with E-state index >= 15 is 0 Å². The van der Waals surface area contributed by atoms with Gasteiger partial charge in [0, 0.05) is 24.3 Å². The van der Waals surface area contributed by atoms with Crippen LogP contribution in [0.3, 0.4) is 0 Å². The third-order valence-corrected chi connectivity index (χ3v) is 5.31. The zero-order valence-corrected chi connectivity index (χ0v) is 13.8. The minimum Gasteiger partial charge on any atom is -0.345 e. The van der Waals surface area contributed by atoms with Crippen LogP contribution in [0.4, 0.5) is 0 Å². The Balaban J connectivity index is 1.68. The van der Waals surface area contributed by atoms with E-state index in [-0.39, 0.29) is 5.92 Å². The summed E-state index contributed by atoms with van der Waals surface area (Å²) in [5, 5.41) is 0. The molecular weight excluding hydrogens is 314 g/mol. The maximum Gasteiger partial charge on any atom is 0.226 e. The van der Waals surface area contributed by atoms with Crippen LogP contribution in [0.5, 0.6) is 0 Å². The van der Waals surface area contributed by atoms with Crippen molar-refractivity contribution in [2.75, 3.05) is 13.6 Å². The number of hydrogen-bond donors (Lipinski definition) is 0. The van der Waals surface area contributed by atoms with E-state index in [1.807, 2.05) is 11.9 Å². The van der Waals surface area contributed by atoms with E-state index in [0.29, 0.717) is 22.6 Å². The number of amides is 1. The maximum atomic E-state index is 12.6. The summed E-state index contributed by atoms with van der Waals surface area (Å²) in [6.07, 6.45) is 3.34. The van der Waals surface area contributed by atoms with Crippen LogP contribution in [0.15, 0.2) is 24.3 Å². The molecule has 3 rings (SSSR count). The van der Waals surface area contributed by atoms with E-state index in [0.717, 1.165) is 19.4 Å². The molecule has 0 radical (unpaired) electrons. The van der Waals surface area contributed by atoms with Crippen molar-refractivity contribution >= 4 is 21.8 Å². The summed E-state index contributed by atoms with van der Waals surface area (Å²) in [4.78, 5) is 15.0. The molecule has 0 heterocycles. The zero-order chi connectivity index (χ0) is 14.3. The minimum atomic E-state index is 0.245. The molecule has 0 N–H and O–H groups in total. The minimum absolute atomic E-state index is 0.245. The molecule has 0 aromatic heterocycles. The number of carbonyl (C=O) groups excluding carboxylic acids is 1. The van der Waals surface area contributed by atoms with Crippen LogP contribution in [-0.2, 0) is 11.2 Å². The number of alkyl halides is 1. The topological polar surface area (TPSA) is 20.3 Å². The average molecular weight is 336 g/mol. The highest BCUT2D eigenvalue weighted by molar-refractivity contribution is 9.09. The van der Waals surface area contributed by atoms with Crippen LogP contribution in [0, 0.1) is 11.8 Å². The monoisotopic (exact) mass is 335 g/mol. The highest BCUT2D eigenvalue weighted by atomic mass is 79.9. The highest BCUT2D eigenvalue weighted by Gasteiger charge is 2.57. The van der Waals surface area contributed by atoms with Crippen molar-refractivity contribution in [3.05, 3.63) is 35.4 Å². The van der Waals surface area contributed by atoms with Crippen LogP contribution in [-0.4, -0.2) is 29.2 Å². The second-order valence-electron chi connectivity index (χ2n) is 6.28. The van der Waals surface area contributed by atoms with E-state index in [1.165, 1.54) is 17.5 Å². The number of carbonyl (C=O) groups is 1. The number of hydrogen-bond acceptors (Lipinski definition) is 1. The largest absolute Gasteiger partial charge is 0.345 e. The van der Waals surface area contributed by atoms with Gasteiger partial charge in [0.05, 0.1) is 0 Å². The van der Waals surface area contributed by atoms with Gasteiger partial charge in [-0.05, 0) is 42.2 Å². The molecule has 108 valence electrons. The summed E-state index contributed by atoms with van der Waals surface area (Å²) >= 11 is 3.55. The molecule has 4 atom stereocenters. The molecule has 1 aromatic carbocycles. The van der Waals surface area contributed by atoms with E-state index in [4.69, 9.17) is 0 Å². The highest BCUT2D eigenvalue weighted by Crippen LogP contribution is 2.60. The van der Waals surface area contributed by atoms with Crippen molar-refractivity contribution in [1.29, 1.82) is 0 Å². The molecule has 1 amide bonds. The fourth-order valence-electron chi connectivity index (χ4n) is 3.64. The van der Waals surface area contributed by atoms with Crippen molar-refractivity contribution in [2.24, 2.45) is 11.8 Å². The Morgan fingerprint density at radius 1 is 1.45 bits per heavy atom. The van der Waals surface area contributed by atoms with Gasteiger partial charge in [-0.1, -0.05) is 47.1 Å². The Hall–Kier alpha value is -0.830. The summed E-state index contributed by atoms with van der Waals surface area (Å²) in [6, 6.07) is 8.67. The van der Waals surface area contributed by atoms with Crippen molar-refractivity contribution < 1.29 is 4.79 Å². The Morgan fingerprint density at radius 3 is 2.95 bits per heavy atom. The molecule has 2 aliphatic rings. The molecule has 3 heteroatoms. The van der Waals surface area contributed by atoms with Gasteiger partial charge in [0.25, 0.3) is 0 Å². The number of fused-ring (bicyclic) bond motifs is 3. The first-order valence-corrected chi connectivity index (χ1v) is 8.48. The first-order chi connectivity index (χ1) is 9.59. The fourth-order valence-corrected chi connectivity index (χ4v) is 3.84. The standard InChI is InChI=1S/C17H22BrNO/c1-11(18)9-10-19(2)17(20)16-14-8-7-12-5-3-4-6-13(12)15(14)16/h3-6,11,14-16H,7-10H2,1-2H3. The van der Waals surface area contributed by atoms with Gasteiger partial charge in [-0.3, -0.25) is 4.79 Å². The smallest absolute Gasteiger partial charge is 0.226 e. The SMILES string of the molecule is CC(Br)CCN(C)C(=O)C1C2CCc3ccccc3C21. The first-order valence-electron chi connectivity index (χ1n) is 7.56. The van der Waals surface area contributed by atoms with Gasteiger partial charge in [0.15, 0.2) is 0 Å². The van der Waals surface area contributed by atoms with Crippen LogP contribution in [0.25, 0.3) is 0 Å². The fraction of sp³-hybridized carbons (Fsp3) is 0.588. The number of aryl methyl sites for hydroxylation is 1. The zero-order valence-electron chi connectivity index (χ0n) is 12.2. The first kappa shape index (κ1) is 14.1. The normalized spacial score (nSPS) is 28.2. The van der Waals surface area contributed by atoms with Crippen molar-refractivity contribution in [1.82, 2.24) is 4.90 Å². The molecule has 1 fully saturated rings. The van der Waals surface area contributed by atoms with Gasteiger partial charge in [0.1, 0.15) is 0 Å². The van der Waals surface area contributed by atoms with E-state index in [1.54, 1.807) is 0 Å². The van der Waals surface area contributed by atoms with Gasteiger partial charge in [-0.25, -0.2) is 0 Å². The summed E-state index contributed by atoms with van der Waals surface area (Å²) < 4.78 is 0. The lowest BCUT2D eigenvalue weighted by atomic mass is 9.92. The summed E-state index contributed by atoms with van der Waals surface area (Å²) in [5.74, 6) is 1.69. The quantitative estimate of drug-likeness (QED) is 0.770. The predicted molar refractivity (Wildman–Crippen MR) is 85.1 cm³/mol. The van der Waals surface area contributed by atoms with E-state index in [9.17, 15) is 4.79 Å². The van der Waals surface area contributed by atoms with Crippen LogP contribution in [0.2, 0.25) is 0 Å². The maximum absolute atomic E-state index is 12.6. The number of rotatable bonds is 4. The molecule has 1 saturated carbocycles. The molecule has 0 bridgehead atoms. The molecule has 2 aliphatic carbocycles. The van der Waals surface area contributed by atoms with E-state index in [2.05, 4.69) is 47.1 Å². The van der Waals surface area contributed by atoms with Crippen molar-refractivity contribution in [2.45, 2.75) is 36.9 Å². The Morgan fingerprint density at radius 2 is 2.20 bits per heavy atom. The van der Waals surface area contributed by atoms with Gasteiger partial charge in [0.2, 0.25) is 5.91 Å². The van der Waals surface area contributed by atoms with Crippen LogP contribution >= 0.6 is 15.9 Å². The van der Waals surface area contributed by atoms with Crippen molar-refractivity contribution in [3.8, 4) is 0 Å². The molecular formula is C17H22BrNO. The molecule has 1 aromatic rings. The predicted octanol–water partition coefficient (Wildman–Crippen LogP) is 3.59. The van der Waals surface area contributed by atoms with Crippen molar-refractivity contribution in [3.63, 3.8) is 0 Å². The molecule has 0 saturated heterocycles. The Labute approximate surface area is 129 Å². The number of nitrogens with zero attached hydrogens (tertiary/aromatic N) is 1. The second kappa shape index (κ2) is 5.51. The molecule has 2 nitrogen and oxygen atoms in total. The van der Waals surface area contributed by atoms with Gasteiger partial charge >= 0.3 is 0 Å². The third-order valence-electron chi connectivity index (χ3n) is 4.85.